The Labute approximate surface area is 160 Å². The third kappa shape index (κ3) is 5.85. The van der Waals surface area contributed by atoms with Gasteiger partial charge in [0.15, 0.2) is 5.96 Å². The highest BCUT2D eigenvalue weighted by Gasteiger charge is 2.20. The van der Waals surface area contributed by atoms with Crippen LogP contribution in [-0.2, 0) is 13.0 Å². The van der Waals surface area contributed by atoms with Crippen LogP contribution in [0, 0.1) is 0 Å². The maximum absolute atomic E-state index is 5.67. The van der Waals surface area contributed by atoms with Crippen LogP contribution in [0.3, 0.4) is 0 Å². The SMILES string of the molecule is CCNC(=NCc1ncc(CC)s1)NCC(c1ccco1)N(CC)CC. The maximum Gasteiger partial charge on any atom is 0.191 e. The minimum atomic E-state index is 0.176. The van der Waals surface area contributed by atoms with E-state index in [4.69, 9.17) is 4.42 Å². The first-order chi connectivity index (χ1) is 12.7. The van der Waals surface area contributed by atoms with Gasteiger partial charge in [-0.15, -0.1) is 11.3 Å². The molecule has 0 bridgehead atoms. The van der Waals surface area contributed by atoms with Crippen molar-refractivity contribution in [2.45, 2.75) is 46.7 Å². The second-order valence-electron chi connectivity index (χ2n) is 5.90. The van der Waals surface area contributed by atoms with E-state index in [1.165, 1.54) is 4.88 Å². The number of nitrogens with one attached hydrogen (secondary N) is 2. The van der Waals surface area contributed by atoms with Gasteiger partial charge in [0.25, 0.3) is 0 Å². The van der Waals surface area contributed by atoms with Crippen LogP contribution in [0.25, 0.3) is 0 Å². The summed E-state index contributed by atoms with van der Waals surface area (Å²) in [5.74, 6) is 1.79. The highest BCUT2D eigenvalue weighted by Crippen LogP contribution is 2.20. The number of aryl methyl sites for hydroxylation is 1. The number of aliphatic imine (C=N–C) groups is 1. The van der Waals surface area contributed by atoms with E-state index >= 15 is 0 Å². The predicted octanol–water partition coefficient (Wildman–Crippen LogP) is 3.44. The number of hydrogen-bond donors (Lipinski definition) is 2. The van der Waals surface area contributed by atoms with Gasteiger partial charge in [0, 0.05) is 24.2 Å². The van der Waals surface area contributed by atoms with Gasteiger partial charge in [-0.25, -0.2) is 9.98 Å². The van der Waals surface area contributed by atoms with E-state index < -0.39 is 0 Å². The van der Waals surface area contributed by atoms with Crippen molar-refractivity contribution in [2.75, 3.05) is 26.2 Å². The minimum Gasteiger partial charge on any atom is -0.468 e. The van der Waals surface area contributed by atoms with E-state index in [0.29, 0.717) is 6.54 Å². The highest BCUT2D eigenvalue weighted by molar-refractivity contribution is 7.11. The van der Waals surface area contributed by atoms with Crippen molar-refractivity contribution in [1.82, 2.24) is 20.5 Å². The van der Waals surface area contributed by atoms with E-state index in [0.717, 1.165) is 49.3 Å². The van der Waals surface area contributed by atoms with Crippen molar-refractivity contribution in [3.63, 3.8) is 0 Å². The molecule has 1 unspecified atom stereocenters. The van der Waals surface area contributed by atoms with Crippen LogP contribution in [0.15, 0.2) is 34.0 Å². The van der Waals surface area contributed by atoms with Crippen molar-refractivity contribution < 1.29 is 4.42 Å². The number of furan rings is 1. The summed E-state index contributed by atoms with van der Waals surface area (Å²) >= 11 is 1.73. The largest absolute Gasteiger partial charge is 0.468 e. The van der Waals surface area contributed by atoms with Gasteiger partial charge >= 0.3 is 0 Å². The zero-order chi connectivity index (χ0) is 18.8. The Bertz CT molecular complexity index is 649. The molecule has 2 N–H and O–H groups in total. The van der Waals surface area contributed by atoms with Crippen LogP contribution in [0.1, 0.15) is 49.4 Å². The first-order valence-corrected chi connectivity index (χ1v) is 10.3. The van der Waals surface area contributed by atoms with E-state index in [2.05, 4.69) is 53.2 Å². The lowest BCUT2D eigenvalue weighted by molar-refractivity contribution is 0.193. The van der Waals surface area contributed by atoms with Crippen LogP contribution in [0.4, 0.5) is 0 Å². The van der Waals surface area contributed by atoms with Crippen LogP contribution in [-0.4, -0.2) is 42.0 Å². The molecule has 0 aliphatic heterocycles. The predicted molar refractivity (Wildman–Crippen MR) is 109 cm³/mol. The molecule has 0 saturated carbocycles. The summed E-state index contributed by atoms with van der Waals surface area (Å²) in [6.45, 7) is 12.7. The van der Waals surface area contributed by atoms with Crippen LogP contribution >= 0.6 is 11.3 Å². The second kappa shape index (κ2) is 11.0. The Morgan fingerprint density at radius 1 is 1.27 bits per heavy atom. The Kier molecular flexibility index (Phi) is 8.64. The molecule has 2 aromatic rings. The molecular weight excluding hydrogens is 346 g/mol. The average molecular weight is 378 g/mol. The molecule has 0 saturated heterocycles. The van der Waals surface area contributed by atoms with Gasteiger partial charge in [0.1, 0.15) is 10.8 Å². The van der Waals surface area contributed by atoms with Gasteiger partial charge in [0.2, 0.25) is 0 Å². The van der Waals surface area contributed by atoms with E-state index in [-0.39, 0.29) is 6.04 Å². The summed E-state index contributed by atoms with van der Waals surface area (Å²) in [6, 6.07) is 4.16. The number of likely N-dealkylation sites (N-methyl/N-ethyl adjacent to an activating group) is 1. The van der Waals surface area contributed by atoms with Gasteiger partial charge in [-0.1, -0.05) is 20.8 Å². The lowest BCUT2D eigenvalue weighted by atomic mass is 10.2. The molecule has 0 fully saturated rings. The van der Waals surface area contributed by atoms with Crippen molar-refractivity contribution in [2.24, 2.45) is 4.99 Å². The molecule has 2 rings (SSSR count). The number of guanidine groups is 1. The number of rotatable bonds is 10. The van der Waals surface area contributed by atoms with Gasteiger partial charge < -0.3 is 15.1 Å². The molecule has 0 aliphatic carbocycles. The fourth-order valence-corrected chi connectivity index (χ4v) is 3.61. The standard InChI is InChI=1S/C19H31N5OS/c1-5-15-12-21-18(26-15)14-23-19(20-6-2)22-13-16(24(7-3)8-4)17-10-9-11-25-17/h9-12,16H,5-8,13-14H2,1-4H3,(H2,20,22,23). The van der Waals surface area contributed by atoms with Gasteiger partial charge in [0.05, 0.1) is 18.8 Å². The van der Waals surface area contributed by atoms with Crippen molar-refractivity contribution in [1.29, 1.82) is 0 Å². The van der Waals surface area contributed by atoms with E-state index in [9.17, 15) is 0 Å². The lowest BCUT2D eigenvalue weighted by Crippen LogP contribution is -2.43. The average Bonchev–Trinajstić information content (AvgIpc) is 3.34. The molecule has 0 aromatic carbocycles. The number of aromatic nitrogens is 1. The quantitative estimate of drug-likeness (QED) is 0.490. The summed E-state index contributed by atoms with van der Waals surface area (Å²) in [6.07, 6.45) is 4.70. The van der Waals surface area contributed by atoms with Crippen molar-refractivity contribution in [3.8, 4) is 0 Å². The molecule has 1 atom stereocenters. The normalized spacial score (nSPS) is 13.2. The maximum atomic E-state index is 5.67. The molecule has 0 radical (unpaired) electrons. The van der Waals surface area contributed by atoms with Gasteiger partial charge in [-0.05, 0) is 38.6 Å². The van der Waals surface area contributed by atoms with Crippen LogP contribution < -0.4 is 10.6 Å². The molecule has 7 heteroatoms. The molecule has 2 heterocycles. The number of hydrogen-bond acceptors (Lipinski definition) is 5. The molecule has 6 nitrogen and oxygen atoms in total. The molecule has 0 amide bonds. The summed E-state index contributed by atoms with van der Waals surface area (Å²) in [7, 11) is 0. The van der Waals surface area contributed by atoms with Crippen molar-refractivity contribution in [3.05, 3.63) is 40.2 Å². The molecule has 0 aliphatic rings. The lowest BCUT2D eigenvalue weighted by Gasteiger charge is -2.28. The Morgan fingerprint density at radius 3 is 2.65 bits per heavy atom. The van der Waals surface area contributed by atoms with Crippen molar-refractivity contribution >= 4 is 17.3 Å². The smallest absolute Gasteiger partial charge is 0.191 e. The van der Waals surface area contributed by atoms with E-state index in [1.807, 2.05) is 18.3 Å². The monoisotopic (exact) mass is 377 g/mol. The van der Waals surface area contributed by atoms with Crippen LogP contribution in [0.5, 0.6) is 0 Å². The Hall–Kier alpha value is -1.86. The third-order valence-electron chi connectivity index (χ3n) is 4.25. The molecule has 0 spiro atoms. The summed E-state index contributed by atoms with van der Waals surface area (Å²) in [4.78, 5) is 12.8. The highest BCUT2D eigenvalue weighted by atomic mass is 32.1. The number of nitrogens with zero attached hydrogens (tertiary/aromatic N) is 3. The zero-order valence-electron chi connectivity index (χ0n) is 16.3. The molecule has 26 heavy (non-hydrogen) atoms. The van der Waals surface area contributed by atoms with Gasteiger partial charge in [-0.3, -0.25) is 4.90 Å². The van der Waals surface area contributed by atoms with Gasteiger partial charge in [-0.2, -0.15) is 0 Å². The topological polar surface area (TPSA) is 65.7 Å². The van der Waals surface area contributed by atoms with Crippen LogP contribution in [0.2, 0.25) is 0 Å². The third-order valence-corrected chi connectivity index (χ3v) is 5.38. The Morgan fingerprint density at radius 2 is 2.08 bits per heavy atom. The summed E-state index contributed by atoms with van der Waals surface area (Å²) < 4.78 is 5.67. The summed E-state index contributed by atoms with van der Waals surface area (Å²) in [5, 5.41) is 7.83. The fraction of sp³-hybridized carbons (Fsp3) is 0.579. The number of thiazole rings is 1. The summed E-state index contributed by atoms with van der Waals surface area (Å²) in [5.41, 5.74) is 0. The zero-order valence-corrected chi connectivity index (χ0v) is 17.1. The first kappa shape index (κ1) is 20.5. The molecule has 2 aromatic heterocycles. The molecule has 144 valence electrons. The van der Waals surface area contributed by atoms with E-state index in [1.54, 1.807) is 17.6 Å². The minimum absolute atomic E-state index is 0.176. The Balaban J connectivity index is 2.03. The molecular formula is C19H31N5OS. The first-order valence-electron chi connectivity index (χ1n) is 9.44. The fourth-order valence-electron chi connectivity index (χ4n) is 2.82. The second-order valence-corrected chi connectivity index (χ2v) is 7.10.